The summed E-state index contributed by atoms with van der Waals surface area (Å²) in [4.78, 5) is 0. The van der Waals surface area contributed by atoms with Crippen LogP contribution in [0.1, 0.15) is 0 Å². The molecule has 0 heterocycles. The Kier molecular flexibility index (Phi) is 3.31. The Morgan fingerprint density at radius 2 is 1.82 bits per heavy atom. The van der Waals surface area contributed by atoms with Crippen LogP contribution in [0.2, 0.25) is 0 Å². The van der Waals surface area contributed by atoms with Crippen LogP contribution in [0, 0.1) is 13.0 Å². The van der Waals surface area contributed by atoms with Gasteiger partial charge >= 0.3 is 0 Å². The number of nitrogen functional groups attached to an aromatic ring is 1. The number of halogens is 3. The minimum absolute atomic E-state index is 0.292. The molecule has 3 N–H and O–H groups in total. The van der Waals surface area contributed by atoms with Crippen molar-refractivity contribution in [2.45, 2.75) is 0 Å². The van der Waals surface area contributed by atoms with Gasteiger partial charge in [0.05, 0.1) is 9.26 Å². The number of benzene rings is 1. The molecule has 0 radical (unpaired) electrons. The Labute approximate surface area is 91.0 Å². The minimum Gasteiger partial charge on any atom is -0.321 e. The van der Waals surface area contributed by atoms with Gasteiger partial charge in [-0.15, -0.1) is 0 Å². The van der Waals surface area contributed by atoms with Crippen LogP contribution >= 0.6 is 45.2 Å². The van der Waals surface area contributed by atoms with E-state index in [1.54, 1.807) is 12.1 Å². The van der Waals surface area contributed by atoms with E-state index in [2.05, 4.69) is 5.43 Å². The van der Waals surface area contributed by atoms with E-state index >= 15 is 0 Å². The zero-order valence-corrected chi connectivity index (χ0v) is 9.68. The second-order valence-corrected chi connectivity index (χ2v) is 4.19. The van der Waals surface area contributed by atoms with E-state index in [1.165, 1.54) is 0 Å². The third-order valence-corrected chi connectivity index (χ3v) is 2.92. The van der Waals surface area contributed by atoms with Crippen LogP contribution in [-0.2, 0) is 0 Å². The zero-order valence-electron chi connectivity index (χ0n) is 5.37. The summed E-state index contributed by atoms with van der Waals surface area (Å²) < 4.78 is 14.5. The molecule has 0 aliphatic carbocycles. The summed E-state index contributed by atoms with van der Waals surface area (Å²) in [5.74, 6) is 4.83. The molecule has 1 rings (SSSR count). The molecule has 0 unspecified atom stereocenters. The predicted molar refractivity (Wildman–Crippen MR) is 59.6 cm³/mol. The fraction of sp³-hybridized carbons (Fsp3) is 0. The van der Waals surface area contributed by atoms with E-state index in [4.69, 9.17) is 5.84 Å². The smallest absolute Gasteiger partial charge is 0.161 e. The Bertz CT molecular complexity index is 278. The van der Waals surface area contributed by atoms with Gasteiger partial charge in [-0.25, -0.2) is 4.39 Å². The van der Waals surface area contributed by atoms with E-state index in [0.29, 0.717) is 9.26 Å². The van der Waals surface area contributed by atoms with Crippen LogP contribution < -0.4 is 11.3 Å². The first-order chi connectivity index (χ1) is 5.16. The first kappa shape index (κ1) is 9.46. The predicted octanol–water partition coefficient (Wildman–Crippen LogP) is 2.32. The highest BCUT2D eigenvalue weighted by molar-refractivity contribution is 14.1. The summed E-state index contributed by atoms with van der Waals surface area (Å²) in [6, 6.07) is 3.51. The van der Waals surface area contributed by atoms with Crippen molar-refractivity contribution in [1.82, 2.24) is 0 Å². The number of hydrogen-bond acceptors (Lipinski definition) is 2. The topological polar surface area (TPSA) is 38.0 Å². The van der Waals surface area contributed by atoms with Crippen LogP contribution in [0.3, 0.4) is 0 Å². The number of anilines is 1. The molecule has 0 bridgehead atoms. The summed E-state index contributed by atoms with van der Waals surface area (Å²) in [5, 5.41) is 0. The van der Waals surface area contributed by atoms with Crippen LogP contribution in [0.25, 0.3) is 0 Å². The maximum absolute atomic E-state index is 13.1. The summed E-state index contributed by atoms with van der Waals surface area (Å²) in [7, 11) is 0. The molecule has 0 aliphatic rings. The molecule has 0 aliphatic heterocycles. The van der Waals surface area contributed by atoms with Gasteiger partial charge < -0.3 is 5.43 Å². The fourth-order valence-electron chi connectivity index (χ4n) is 0.659. The van der Waals surface area contributed by atoms with Crippen molar-refractivity contribution in [3.8, 4) is 0 Å². The standard InChI is InChI=1S/C6H5FI2N2/c7-5-3(8)1-2-4(9)6(5)11-10/h1-2,11H,10H2. The summed E-state index contributed by atoms with van der Waals surface area (Å²) in [5.41, 5.74) is 2.68. The van der Waals surface area contributed by atoms with Gasteiger partial charge in [-0.3, -0.25) is 5.84 Å². The van der Waals surface area contributed by atoms with Gasteiger partial charge in [-0.05, 0) is 57.3 Å². The van der Waals surface area contributed by atoms with Crippen molar-refractivity contribution >= 4 is 50.9 Å². The molecule has 0 aromatic heterocycles. The zero-order chi connectivity index (χ0) is 8.43. The maximum atomic E-state index is 13.1. The quantitative estimate of drug-likeness (QED) is 0.341. The summed E-state index contributed by atoms with van der Waals surface area (Å²) >= 11 is 3.93. The van der Waals surface area contributed by atoms with E-state index in [9.17, 15) is 4.39 Å². The van der Waals surface area contributed by atoms with Gasteiger partial charge in [0.1, 0.15) is 0 Å². The molecule has 11 heavy (non-hydrogen) atoms. The molecular formula is C6H5FI2N2. The Balaban J connectivity index is 3.29. The Morgan fingerprint density at radius 3 is 2.27 bits per heavy atom. The maximum Gasteiger partial charge on any atom is 0.161 e. The molecular weight excluding hydrogens is 373 g/mol. The lowest BCUT2D eigenvalue weighted by molar-refractivity contribution is 0.622. The van der Waals surface area contributed by atoms with Crippen LogP contribution in [0.15, 0.2) is 12.1 Å². The second-order valence-electron chi connectivity index (χ2n) is 1.86. The molecule has 0 spiro atoms. The largest absolute Gasteiger partial charge is 0.321 e. The van der Waals surface area contributed by atoms with E-state index in [0.717, 1.165) is 3.57 Å². The molecule has 0 atom stereocenters. The molecule has 1 aromatic carbocycles. The monoisotopic (exact) mass is 378 g/mol. The third kappa shape index (κ3) is 1.94. The average molecular weight is 378 g/mol. The van der Waals surface area contributed by atoms with Gasteiger partial charge in [0.25, 0.3) is 0 Å². The van der Waals surface area contributed by atoms with Gasteiger partial charge in [-0.2, -0.15) is 0 Å². The van der Waals surface area contributed by atoms with E-state index in [1.807, 2.05) is 45.2 Å². The number of rotatable bonds is 1. The van der Waals surface area contributed by atoms with Crippen molar-refractivity contribution in [3.63, 3.8) is 0 Å². The third-order valence-electron chi connectivity index (χ3n) is 1.19. The molecule has 2 nitrogen and oxygen atoms in total. The average Bonchev–Trinajstić information content (AvgIpc) is 1.99. The first-order valence-corrected chi connectivity index (χ1v) is 4.92. The highest BCUT2D eigenvalue weighted by Crippen LogP contribution is 2.24. The molecule has 0 amide bonds. The van der Waals surface area contributed by atoms with Gasteiger partial charge in [-0.1, -0.05) is 0 Å². The summed E-state index contributed by atoms with van der Waals surface area (Å²) in [6.07, 6.45) is 0. The van der Waals surface area contributed by atoms with Crippen molar-refractivity contribution in [1.29, 1.82) is 0 Å². The van der Waals surface area contributed by atoms with E-state index < -0.39 is 0 Å². The van der Waals surface area contributed by atoms with Gasteiger partial charge in [0.15, 0.2) is 5.82 Å². The van der Waals surface area contributed by atoms with E-state index in [-0.39, 0.29) is 5.82 Å². The van der Waals surface area contributed by atoms with Gasteiger partial charge in [0, 0.05) is 3.57 Å². The Morgan fingerprint density at radius 1 is 1.27 bits per heavy atom. The highest BCUT2D eigenvalue weighted by atomic mass is 127. The Hall–Kier alpha value is 0.370. The normalized spacial score (nSPS) is 9.82. The van der Waals surface area contributed by atoms with Crippen LogP contribution in [0.4, 0.5) is 10.1 Å². The lowest BCUT2D eigenvalue weighted by Gasteiger charge is -2.05. The molecule has 5 heteroatoms. The fourth-order valence-corrected chi connectivity index (χ4v) is 1.68. The number of hydrogen-bond donors (Lipinski definition) is 2. The van der Waals surface area contributed by atoms with Crippen LogP contribution in [0.5, 0.6) is 0 Å². The number of hydrazine groups is 1. The molecule has 1 aromatic rings. The van der Waals surface area contributed by atoms with Crippen LogP contribution in [-0.4, -0.2) is 0 Å². The number of nitrogens with two attached hydrogens (primary N) is 1. The summed E-state index contributed by atoms with van der Waals surface area (Å²) in [6.45, 7) is 0. The second kappa shape index (κ2) is 3.85. The molecule has 0 fully saturated rings. The van der Waals surface area contributed by atoms with Crippen molar-refractivity contribution in [3.05, 3.63) is 25.1 Å². The van der Waals surface area contributed by atoms with Crippen molar-refractivity contribution in [2.75, 3.05) is 5.43 Å². The first-order valence-electron chi connectivity index (χ1n) is 2.77. The lowest BCUT2D eigenvalue weighted by atomic mass is 10.3. The molecule has 0 saturated heterocycles. The molecule has 60 valence electrons. The molecule has 0 saturated carbocycles. The SMILES string of the molecule is NNc1c(I)ccc(I)c1F. The highest BCUT2D eigenvalue weighted by Gasteiger charge is 2.07. The van der Waals surface area contributed by atoms with Crippen molar-refractivity contribution in [2.24, 2.45) is 5.84 Å². The number of nitrogens with one attached hydrogen (secondary N) is 1. The van der Waals surface area contributed by atoms with Crippen molar-refractivity contribution < 1.29 is 4.39 Å². The minimum atomic E-state index is -0.292. The van der Waals surface area contributed by atoms with Gasteiger partial charge in [0.2, 0.25) is 0 Å². The lowest BCUT2D eigenvalue weighted by Crippen LogP contribution is -2.10.